The molecule has 0 fully saturated rings. The summed E-state index contributed by atoms with van der Waals surface area (Å²) in [5.74, 6) is 0.586. The molecule has 4 aromatic rings. The Morgan fingerprint density at radius 1 is 1.12 bits per heavy atom. The van der Waals surface area contributed by atoms with Crippen LogP contribution in [0.25, 0.3) is 10.6 Å². The van der Waals surface area contributed by atoms with Gasteiger partial charge in [0, 0.05) is 11.8 Å². The van der Waals surface area contributed by atoms with Crippen LogP contribution >= 0.6 is 11.3 Å². The third-order valence-corrected chi connectivity index (χ3v) is 7.77. The van der Waals surface area contributed by atoms with E-state index in [1.807, 2.05) is 24.4 Å². The second-order valence-corrected chi connectivity index (χ2v) is 10.3. The van der Waals surface area contributed by atoms with Crippen molar-refractivity contribution in [1.82, 2.24) is 5.16 Å². The number of nitrogens with one attached hydrogen (secondary N) is 1. The highest BCUT2D eigenvalue weighted by Gasteiger charge is 2.32. The molecule has 2 aromatic carbocycles. The molecule has 0 unspecified atom stereocenters. The van der Waals surface area contributed by atoms with Gasteiger partial charge in [-0.3, -0.25) is 9.10 Å². The number of hydrogen-bond acceptors (Lipinski definition) is 7. The first-order chi connectivity index (χ1) is 15.9. The molecule has 1 aliphatic heterocycles. The van der Waals surface area contributed by atoms with Crippen molar-refractivity contribution in [2.24, 2.45) is 0 Å². The molecule has 0 spiro atoms. The Bertz CT molecular complexity index is 1400. The fourth-order valence-corrected chi connectivity index (χ4v) is 5.75. The Morgan fingerprint density at radius 2 is 1.91 bits per heavy atom. The highest BCUT2D eigenvalue weighted by Crippen LogP contribution is 2.36. The molecular formula is C23H19N3O5S2. The van der Waals surface area contributed by atoms with E-state index in [2.05, 4.69) is 10.5 Å². The summed E-state index contributed by atoms with van der Waals surface area (Å²) >= 11 is 1.48. The second-order valence-electron chi connectivity index (χ2n) is 7.46. The number of fused-ring (bicyclic) bond motifs is 1. The first-order valence-electron chi connectivity index (χ1n) is 10.1. The van der Waals surface area contributed by atoms with Crippen molar-refractivity contribution in [3.8, 4) is 16.4 Å². The zero-order valence-corrected chi connectivity index (χ0v) is 19.1. The van der Waals surface area contributed by atoms with Crippen molar-refractivity contribution in [3.05, 3.63) is 77.8 Å². The number of para-hydroxylation sites is 2. The van der Waals surface area contributed by atoms with Gasteiger partial charge in [0.1, 0.15) is 11.9 Å². The van der Waals surface area contributed by atoms with Crippen molar-refractivity contribution in [2.75, 3.05) is 16.2 Å². The lowest BCUT2D eigenvalue weighted by Gasteiger charge is -2.34. The molecule has 2 aromatic heterocycles. The molecule has 8 nitrogen and oxygen atoms in total. The summed E-state index contributed by atoms with van der Waals surface area (Å²) in [5, 5.41) is 8.44. The van der Waals surface area contributed by atoms with Gasteiger partial charge in [-0.25, -0.2) is 8.42 Å². The molecule has 0 saturated carbocycles. The van der Waals surface area contributed by atoms with Gasteiger partial charge in [-0.05, 0) is 54.8 Å². The summed E-state index contributed by atoms with van der Waals surface area (Å²) in [7, 11) is -3.81. The largest absolute Gasteiger partial charge is 0.487 e. The fourth-order valence-electron chi connectivity index (χ4n) is 3.53. The first kappa shape index (κ1) is 21.2. The number of aromatic nitrogens is 1. The SMILES string of the molecule is C[C@H]1CN(S(=O)(=O)c2ccc(NC(=O)c3cc(-c4cccs4)on3)cc2)c2ccccc2O1. The average molecular weight is 482 g/mol. The van der Waals surface area contributed by atoms with Crippen LogP contribution in [0.15, 0.2) is 81.5 Å². The number of nitrogens with zero attached hydrogens (tertiary/aromatic N) is 2. The van der Waals surface area contributed by atoms with E-state index in [-0.39, 0.29) is 23.2 Å². The number of sulfonamides is 1. The van der Waals surface area contributed by atoms with E-state index in [0.29, 0.717) is 22.9 Å². The molecule has 168 valence electrons. The third-order valence-electron chi connectivity index (χ3n) is 5.09. The summed E-state index contributed by atoms with van der Waals surface area (Å²) in [5.41, 5.74) is 1.07. The van der Waals surface area contributed by atoms with Crippen molar-refractivity contribution in [1.29, 1.82) is 0 Å². The molecule has 3 heterocycles. The molecule has 0 saturated heterocycles. The molecule has 0 aliphatic carbocycles. The number of amides is 1. The minimum absolute atomic E-state index is 0.116. The zero-order valence-electron chi connectivity index (χ0n) is 17.5. The average Bonchev–Trinajstić information content (AvgIpc) is 3.51. The maximum atomic E-state index is 13.3. The molecule has 1 aliphatic rings. The van der Waals surface area contributed by atoms with Crippen LogP contribution in [0.1, 0.15) is 17.4 Å². The molecule has 1 N–H and O–H groups in total. The van der Waals surface area contributed by atoms with E-state index >= 15 is 0 Å². The number of hydrogen-bond donors (Lipinski definition) is 1. The van der Waals surface area contributed by atoms with Crippen LogP contribution in [0.4, 0.5) is 11.4 Å². The van der Waals surface area contributed by atoms with Gasteiger partial charge in [-0.15, -0.1) is 11.3 Å². The Morgan fingerprint density at radius 3 is 2.67 bits per heavy atom. The van der Waals surface area contributed by atoms with Gasteiger partial charge < -0.3 is 14.6 Å². The molecule has 1 atom stereocenters. The van der Waals surface area contributed by atoms with Crippen LogP contribution in [0, 0.1) is 0 Å². The van der Waals surface area contributed by atoms with Gasteiger partial charge in [0.25, 0.3) is 15.9 Å². The van der Waals surface area contributed by atoms with E-state index in [1.54, 1.807) is 42.5 Å². The monoisotopic (exact) mass is 481 g/mol. The molecule has 10 heteroatoms. The highest BCUT2D eigenvalue weighted by atomic mass is 32.2. The summed E-state index contributed by atoms with van der Waals surface area (Å²) in [6.07, 6.45) is -0.283. The van der Waals surface area contributed by atoms with Gasteiger partial charge in [-0.2, -0.15) is 0 Å². The Hall–Kier alpha value is -3.63. The fraction of sp³-hybridized carbons (Fsp3) is 0.130. The quantitative estimate of drug-likeness (QED) is 0.446. The van der Waals surface area contributed by atoms with Gasteiger partial charge in [0.15, 0.2) is 11.5 Å². The van der Waals surface area contributed by atoms with Crippen LogP contribution < -0.4 is 14.4 Å². The first-order valence-corrected chi connectivity index (χ1v) is 12.4. The maximum absolute atomic E-state index is 13.3. The minimum atomic E-state index is -3.81. The molecule has 0 radical (unpaired) electrons. The lowest BCUT2D eigenvalue weighted by atomic mass is 10.2. The van der Waals surface area contributed by atoms with Gasteiger partial charge in [0.05, 0.1) is 22.0 Å². The number of ether oxygens (including phenoxy) is 1. The zero-order chi connectivity index (χ0) is 23.0. The van der Waals surface area contributed by atoms with Crippen molar-refractivity contribution < 1.29 is 22.5 Å². The number of anilines is 2. The number of thiophene rings is 1. The minimum Gasteiger partial charge on any atom is -0.487 e. The summed E-state index contributed by atoms with van der Waals surface area (Å²) in [6, 6.07) is 18.4. The van der Waals surface area contributed by atoms with Crippen molar-refractivity contribution in [2.45, 2.75) is 17.9 Å². The normalized spacial score (nSPS) is 15.5. The topological polar surface area (TPSA) is 102 Å². The van der Waals surface area contributed by atoms with Crippen LogP contribution in [0.3, 0.4) is 0 Å². The highest BCUT2D eigenvalue weighted by molar-refractivity contribution is 7.92. The van der Waals surface area contributed by atoms with E-state index in [9.17, 15) is 13.2 Å². The maximum Gasteiger partial charge on any atom is 0.277 e. The van der Waals surface area contributed by atoms with Crippen LogP contribution in [-0.4, -0.2) is 32.1 Å². The number of benzene rings is 2. The lowest BCUT2D eigenvalue weighted by molar-refractivity contribution is 0.101. The van der Waals surface area contributed by atoms with Gasteiger partial charge in [0.2, 0.25) is 0 Å². The molecule has 1 amide bonds. The summed E-state index contributed by atoms with van der Waals surface area (Å²) < 4.78 is 39.0. The van der Waals surface area contributed by atoms with E-state index < -0.39 is 15.9 Å². The summed E-state index contributed by atoms with van der Waals surface area (Å²) in [6.45, 7) is 2.03. The molecule has 0 bridgehead atoms. The number of carbonyl (C=O) groups is 1. The van der Waals surface area contributed by atoms with Crippen molar-refractivity contribution >= 4 is 38.6 Å². The summed E-state index contributed by atoms with van der Waals surface area (Å²) in [4.78, 5) is 13.5. The van der Waals surface area contributed by atoms with Gasteiger partial charge in [-0.1, -0.05) is 23.4 Å². The van der Waals surface area contributed by atoms with Crippen LogP contribution in [0.5, 0.6) is 5.75 Å². The number of rotatable bonds is 5. The van der Waals surface area contributed by atoms with Crippen LogP contribution in [-0.2, 0) is 10.0 Å². The third kappa shape index (κ3) is 4.10. The predicted molar refractivity (Wildman–Crippen MR) is 125 cm³/mol. The van der Waals surface area contributed by atoms with Crippen LogP contribution in [0.2, 0.25) is 0 Å². The number of carbonyl (C=O) groups excluding carboxylic acids is 1. The lowest BCUT2D eigenvalue weighted by Crippen LogP contribution is -2.42. The molecule has 5 rings (SSSR count). The van der Waals surface area contributed by atoms with Gasteiger partial charge >= 0.3 is 0 Å². The Kier molecular flexibility index (Phi) is 5.39. The van der Waals surface area contributed by atoms with E-state index in [1.165, 1.54) is 27.8 Å². The van der Waals surface area contributed by atoms with E-state index in [4.69, 9.17) is 9.26 Å². The molecule has 33 heavy (non-hydrogen) atoms. The second kappa shape index (κ2) is 8.38. The van der Waals surface area contributed by atoms with E-state index in [0.717, 1.165) is 4.88 Å². The predicted octanol–water partition coefficient (Wildman–Crippen LogP) is 4.63. The standard InChI is InChI=1S/C23H19N3O5S2/c1-15-14-26(19-5-2-3-6-20(19)30-15)33(28,29)17-10-8-16(9-11-17)24-23(27)18-13-21(31-25-18)22-7-4-12-32-22/h2-13,15H,14H2,1H3,(H,24,27)/t15-/m0/s1. The molecular weight excluding hydrogens is 462 g/mol. The Balaban J connectivity index is 1.34. The smallest absolute Gasteiger partial charge is 0.277 e. The van der Waals surface area contributed by atoms with Crippen molar-refractivity contribution in [3.63, 3.8) is 0 Å². The Labute approximate surface area is 194 Å².